The molecule has 0 fully saturated rings. The number of rotatable bonds is 2. The van der Waals surface area contributed by atoms with Gasteiger partial charge in [0, 0.05) is 22.6 Å². The third kappa shape index (κ3) is 4.36. The fraction of sp³-hybridized carbons (Fsp3) is 0.182. The van der Waals surface area contributed by atoms with Crippen molar-refractivity contribution >= 4 is 23.2 Å². The summed E-state index contributed by atoms with van der Waals surface area (Å²) in [4.78, 5) is 17.3. The number of hydrogen-bond donors (Lipinski definition) is 1. The standard InChI is InChI=1S/C22H15F4NO3S/c1-11-8-17(28)20(21(29)30-11)16-10-19(12-2-5-14(23)6-3-12)31-18-7-4-13(22(24,25)26)9-15(18)27-16/h2-9,19,28H,10H2,1H3/t19-/m0/s1. The maximum atomic E-state index is 13.4. The molecular weight excluding hydrogens is 434 g/mol. The molecule has 2 aromatic carbocycles. The summed E-state index contributed by atoms with van der Waals surface area (Å²) < 4.78 is 58.2. The SMILES string of the molecule is Cc1cc(O)c(C2=Nc3cc(C(F)(F)F)ccc3S[C@H](c3ccc(F)cc3)C2)c(=O)o1. The van der Waals surface area contributed by atoms with Crippen LogP contribution in [0.4, 0.5) is 23.2 Å². The first-order valence-corrected chi connectivity index (χ1v) is 10.0. The smallest absolute Gasteiger partial charge is 0.416 e. The van der Waals surface area contributed by atoms with Crippen molar-refractivity contribution < 1.29 is 27.1 Å². The van der Waals surface area contributed by atoms with E-state index in [1.165, 1.54) is 43.0 Å². The summed E-state index contributed by atoms with van der Waals surface area (Å²) in [5.74, 6) is -0.612. The van der Waals surface area contributed by atoms with Gasteiger partial charge in [0.15, 0.2) is 0 Å². The van der Waals surface area contributed by atoms with Gasteiger partial charge in [-0.2, -0.15) is 13.2 Å². The molecule has 9 heteroatoms. The largest absolute Gasteiger partial charge is 0.507 e. The van der Waals surface area contributed by atoms with E-state index in [1.54, 1.807) is 12.1 Å². The summed E-state index contributed by atoms with van der Waals surface area (Å²) in [5, 5.41) is 9.97. The van der Waals surface area contributed by atoms with Gasteiger partial charge in [-0.15, -0.1) is 11.8 Å². The van der Waals surface area contributed by atoms with E-state index in [2.05, 4.69) is 4.99 Å². The Labute approximate surface area is 178 Å². The van der Waals surface area contributed by atoms with Gasteiger partial charge in [-0.3, -0.25) is 4.99 Å². The molecule has 1 aliphatic rings. The molecule has 1 N–H and O–H groups in total. The molecule has 0 spiro atoms. The summed E-state index contributed by atoms with van der Waals surface area (Å²) >= 11 is 1.25. The fourth-order valence-corrected chi connectivity index (χ4v) is 4.54. The van der Waals surface area contributed by atoms with E-state index < -0.39 is 28.4 Å². The molecule has 0 amide bonds. The maximum Gasteiger partial charge on any atom is 0.416 e. The molecule has 4 nitrogen and oxygen atoms in total. The molecule has 0 aliphatic carbocycles. The average Bonchev–Trinajstić information content (AvgIpc) is 2.86. The number of halogens is 4. The molecule has 3 aromatic rings. The van der Waals surface area contributed by atoms with Gasteiger partial charge in [0.1, 0.15) is 22.9 Å². The monoisotopic (exact) mass is 449 g/mol. The molecule has 1 aromatic heterocycles. The number of alkyl halides is 3. The first-order valence-electron chi connectivity index (χ1n) is 9.17. The minimum absolute atomic E-state index is 0.0267. The second-order valence-electron chi connectivity index (χ2n) is 7.01. The van der Waals surface area contributed by atoms with Crippen molar-refractivity contribution in [1.82, 2.24) is 0 Å². The molecule has 0 radical (unpaired) electrons. The van der Waals surface area contributed by atoms with Crippen molar-refractivity contribution in [3.63, 3.8) is 0 Å². The van der Waals surface area contributed by atoms with Crippen LogP contribution in [-0.2, 0) is 6.18 Å². The van der Waals surface area contributed by atoms with E-state index in [1.807, 2.05) is 0 Å². The first kappa shape index (κ1) is 21.2. The summed E-state index contributed by atoms with van der Waals surface area (Å²) in [6, 6.07) is 10.1. The molecule has 0 unspecified atom stereocenters. The number of aliphatic imine (C=N–C) groups is 1. The zero-order valence-electron chi connectivity index (χ0n) is 16.0. The Morgan fingerprint density at radius 1 is 1.13 bits per heavy atom. The quantitative estimate of drug-likeness (QED) is 0.476. The lowest BCUT2D eigenvalue weighted by Gasteiger charge is -2.16. The van der Waals surface area contributed by atoms with Crippen molar-refractivity contribution in [1.29, 1.82) is 0 Å². The highest BCUT2D eigenvalue weighted by molar-refractivity contribution is 7.99. The van der Waals surface area contributed by atoms with Crippen molar-refractivity contribution in [3.05, 3.63) is 87.2 Å². The Morgan fingerprint density at radius 2 is 1.84 bits per heavy atom. The fourth-order valence-electron chi connectivity index (χ4n) is 3.33. The highest BCUT2D eigenvalue weighted by atomic mass is 32.2. The maximum absolute atomic E-state index is 13.4. The van der Waals surface area contributed by atoms with Crippen LogP contribution in [0, 0.1) is 12.7 Å². The molecule has 0 saturated carbocycles. The number of thioether (sulfide) groups is 1. The van der Waals surface area contributed by atoms with Crippen LogP contribution in [0.25, 0.3) is 0 Å². The Balaban J connectivity index is 1.90. The van der Waals surface area contributed by atoms with Crippen molar-refractivity contribution in [3.8, 4) is 5.75 Å². The molecular formula is C22H15F4NO3S. The van der Waals surface area contributed by atoms with Crippen molar-refractivity contribution in [2.45, 2.75) is 29.7 Å². The molecule has 2 heterocycles. The number of benzene rings is 2. The van der Waals surface area contributed by atoms with Crippen LogP contribution in [0.5, 0.6) is 5.75 Å². The van der Waals surface area contributed by atoms with Crippen LogP contribution in [-0.4, -0.2) is 10.8 Å². The van der Waals surface area contributed by atoms with Crippen LogP contribution < -0.4 is 5.63 Å². The van der Waals surface area contributed by atoms with E-state index in [4.69, 9.17) is 4.42 Å². The van der Waals surface area contributed by atoms with E-state index >= 15 is 0 Å². The molecule has 31 heavy (non-hydrogen) atoms. The zero-order chi connectivity index (χ0) is 22.3. The summed E-state index contributed by atoms with van der Waals surface area (Å²) in [5.41, 5.74) is -1.11. The Kier molecular flexibility index (Phi) is 5.38. The number of nitrogens with zero attached hydrogens (tertiary/aromatic N) is 1. The van der Waals surface area contributed by atoms with Gasteiger partial charge in [0.05, 0.1) is 17.0 Å². The van der Waals surface area contributed by atoms with Crippen LogP contribution in [0.3, 0.4) is 0 Å². The molecule has 1 atom stereocenters. The lowest BCUT2D eigenvalue weighted by molar-refractivity contribution is -0.137. The Bertz CT molecular complexity index is 1230. The van der Waals surface area contributed by atoms with Gasteiger partial charge < -0.3 is 9.52 Å². The van der Waals surface area contributed by atoms with Crippen molar-refractivity contribution in [2.24, 2.45) is 4.99 Å². The van der Waals surface area contributed by atoms with Gasteiger partial charge in [-0.05, 0) is 42.8 Å². The predicted octanol–water partition coefficient (Wildman–Crippen LogP) is 6.17. The molecule has 160 valence electrons. The number of fused-ring (bicyclic) bond motifs is 1. The number of hydrogen-bond acceptors (Lipinski definition) is 5. The van der Waals surface area contributed by atoms with Crippen LogP contribution in [0.1, 0.15) is 34.1 Å². The second kappa shape index (κ2) is 7.88. The summed E-state index contributed by atoms with van der Waals surface area (Å²) in [6.45, 7) is 1.49. The second-order valence-corrected chi connectivity index (χ2v) is 8.25. The highest BCUT2D eigenvalue weighted by Gasteiger charge is 2.33. The Hall–Kier alpha value is -3.07. The van der Waals surface area contributed by atoms with E-state index in [0.717, 1.165) is 12.1 Å². The summed E-state index contributed by atoms with van der Waals surface area (Å²) in [7, 11) is 0. The number of aromatic hydroxyl groups is 1. The van der Waals surface area contributed by atoms with Gasteiger partial charge in [0.2, 0.25) is 0 Å². The van der Waals surface area contributed by atoms with Gasteiger partial charge in [-0.25, -0.2) is 9.18 Å². The average molecular weight is 449 g/mol. The third-order valence-electron chi connectivity index (χ3n) is 4.77. The van der Waals surface area contributed by atoms with Crippen molar-refractivity contribution in [2.75, 3.05) is 0 Å². The lowest BCUT2D eigenvalue weighted by atomic mass is 10.0. The molecule has 0 saturated heterocycles. The third-order valence-corrected chi connectivity index (χ3v) is 6.10. The normalized spacial score (nSPS) is 16.4. The van der Waals surface area contributed by atoms with E-state index in [9.17, 15) is 27.5 Å². The minimum atomic E-state index is -4.57. The first-order chi connectivity index (χ1) is 14.6. The lowest BCUT2D eigenvalue weighted by Crippen LogP contribution is -2.17. The predicted molar refractivity (Wildman–Crippen MR) is 109 cm³/mol. The van der Waals surface area contributed by atoms with Crippen LogP contribution in [0.2, 0.25) is 0 Å². The highest BCUT2D eigenvalue weighted by Crippen LogP contribution is 2.47. The minimum Gasteiger partial charge on any atom is -0.507 e. The van der Waals surface area contributed by atoms with Crippen LogP contribution >= 0.6 is 11.8 Å². The van der Waals surface area contributed by atoms with E-state index in [-0.39, 0.29) is 34.9 Å². The topological polar surface area (TPSA) is 62.8 Å². The van der Waals surface area contributed by atoms with Gasteiger partial charge >= 0.3 is 11.8 Å². The van der Waals surface area contributed by atoms with E-state index in [0.29, 0.717) is 10.5 Å². The number of aryl methyl sites for hydroxylation is 1. The molecule has 4 rings (SSSR count). The zero-order valence-corrected chi connectivity index (χ0v) is 16.9. The molecule has 1 aliphatic heterocycles. The Morgan fingerprint density at radius 3 is 2.48 bits per heavy atom. The molecule has 0 bridgehead atoms. The van der Waals surface area contributed by atoms with Gasteiger partial charge in [-0.1, -0.05) is 12.1 Å². The van der Waals surface area contributed by atoms with Gasteiger partial charge in [0.25, 0.3) is 0 Å². The van der Waals surface area contributed by atoms with Crippen LogP contribution in [0.15, 0.2) is 67.6 Å². The summed E-state index contributed by atoms with van der Waals surface area (Å²) in [6.07, 6.45) is -4.46.